The van der Waals surface area contributed by atoms with Gasteiger partial charge in [0.05, 0.1) is 18.0 Å². The first-order valence-electron chi connectivity index (χ1n) is 6.57. The van der Waals surface area contributed by atoms with Gasteiger partial charge < -0.3 is 20.3 Å². The van der Waals surface area contributed by atoms with Crippen LogP contribution >= 0.6 is 0 Å². The third-order valence-electron chi connectivity index (χ3n) is 3.38. The van der Waals surface area contributed by atoms with Gasteiger partial charge in [0.25, 0.3) is 5.91 Å². The van der Waals surface area contributed by atoms with Crippen molar-refractivity contribution in [2.24, 2.45) is 5.84 Å². The molecule has 1 fully saturated rings. The minimum Gasteiger partial charge on any atom is -0.391 e. The molecule has 1 amide bonds. The lowest BCUT2D eigenvalue weighted by Crippen LogP contribution is -2.41. The molecule has 2 rings (SSSR count). The molecule has 2 atom stereocenters. The summed E-state index contributed by atoms with van der Waals surface area (Å²) in [5, 5.41) is 9.80. The fourth-order valence-electron chi connectivity index (χ4n) is 2.49. The number of aliphatic hydroxyl groups is 1. The standard InChI is InChI=1S/C13H21N5O2/c1-17(2)7-10-5-11(19)8-18(10)13(20)12-4-3-9(16-14)6-15-12/h3-4,6,10-11,16,19H,5,7-8,14H2,1-2H3. The predicted molar refractivity (Wildman–Crippen MR) is 76.0 cm³/mol. The molecule has 20 heavy (non-hydrogen) atoms. The van der Waals surface area contributed by atoms with E-state index in [0.29, 0.717) is 24.3 Å². The summed E-state index contributed by atoms with van der Waals surface area (Å²) in [6.45, 7) is 1.08. The van der Waals surface area contributed by atoms with Crippen LogP contribution in [0.15, 0.2) is 18.3 Å². The van der Waals surface area contributed by atoms with E-state index in [9.17, 15) is 9.90 Å². The Balaban J connectivity index is 2.13. The summed E-state index contributed by atoms with van der Waals surface area (Å²) in [5.41, 5.74) is 3.48. The van der Waals surface area contributed by atoms with Gasteiger partial charge in [-0.15, -0.1) is 0 Å². The minimum absolute atomic E-state index is 0.0154. The topological polar surface area (TPSA) is 94.7 Å². The van der Waals surface area contributed by atoms with E-state index in [1.54, 1.807) is 17.0 Å². The molecule has 0 aliphatic carbocycles. The van der Waals surface area contributed by atoms with Crippen molar-refractivity contribution in [3.8, 4) is 0 Å². The van der Waals surface area contributed by atoms with E-state index in [2.05, 4.69) is 10.4 Å². The molecule has 4 N–H and O–H groups in total. The summed E-state index contributed by atoms with van der Waals surface area (Å²) in [7, 11) is 3.90. The number of anilines is 1. The summed E-state index contributed by atoms with van der Waals surface area (Å²) in [5.74, 6) is 5.11. The van der Waals surface area contributed by atoms with E-state index in [1.807, 2.05) is 19.0 Å². The summed E-state index contributed by atoms with van der Waals surface area (Å²) >= 11 is 0. The van der Waals surface area contributed by atoms with Crippen LogP contribution < -0.4 is 11.3 Å². The second kappa shape index (κ2) is 6.17. The number of aliphatic hydroxyl groups excluding tert-OH is 1. The molecule has 7 heteroatoms. The Bertz CT molecular complexity index is 462. The molecule has 110 valence electrons. The number of likely N-dealkylation sites (tertiary alicyclic amines) is 1. The van der Waals surface area contributed by atoms with Crippen molar-refractivity contribution in [2.75, 3.05) is 32.6 Å². The van der Waals surface area contributed by atoms with Gasteiger partial charge in [-0.25, -0.2) is 4.98 Å². The SMILES string of the molecule is CN(C)CC1CC(O)CN1C(=O)c1ccc(NN)cn1. The first-order valence-corrected chi connectivity index (χ1v) is 6.57. The normalized spacial score (nSPS) is 22.4. The van der Waals surface area contributed by atoms with Crippen molar-refractivity contribution in [1.82, 2.24) is 14.8 Å². The average Bonchev–Trinajstić information content (AvgIpc) is 2.78. The van der Waals surface area contributed by atoms with Gasteiger partial charge in [-0.1, -0.05) is 0 Å². The number of hydrogen-bond acceptors (Lipinski definition) is 6. The van der Waals surface area contributed by atoms with Crippen molar-refractivity contribution < 1.29 is 9.90 Å². The zero-order valence-electron chi connectivity index (χ0n) is 11.8. The largest absolute Gasteiger partial charge is 0.391 e. The second-order valence-corrected chi connectivity index (χ2v) is 5.34. The Morgan fingerprint density at radius 2 is 2.35 bits per heavy atom. The Hall–Kier alpha value is -1.70. The van der Waals surface area contributed by atoms with E-state index in [4.69, 9.17) is 5.84 Å². The van der Waals surface area contributed by atoms with Gasteiger partial charge in [0.1, 0.15) is 5.69 Å². The van der Waals surface area contributed by atoms with Crippen LogP contribution in [0.3, 0.4) is 0 Å². The molecule has 1 aromatic rings. The number of aromatic nitrogens is 1. The third-order valence-corrected chi connectivity index (χ3v) is 3.38. The highest BCUT2D eigenvalue weighted by atomic mass is 16.3. The number of carbonyl (C=O) groups is 1. The molecular weight excluding hydrogens is 258 g/mol. The number of hydrogen-bond donors (Lipinski definition) is 3. The molecule has 0 radical (unpaired) electrons. The number of rotatable bonds is 4. The maximum Gasteiger partial charge on any atom is 0.272 e. The van der Waals surface area contributed by atoms with Crippen LogP contribution in [-0.2, 0) is 0 Å². The van der Waals surface area contributed by atoms with E-state index in [-0.39, 0.29) is 11.9 Å². The summed E-state index contributed by atoms with van der Waals surface area (Å²) in [6, 6.07) is 3.35. The number of nitrogens with zero attached hydrogens (tertiary/aromatic N) is 3. The molecule has 1 aliphatic heterocycles. The molecule has 1 aliphatic rings. The molecule has 2 heterocycles. The van der Waals surface area contributed by atoms with Crippen LogP contribution in [0.5, 0.6) is 0 Å². The van der Waals surface area contributed by atoms with Crippen LogP contribution in [0, 0.1) is 0 Å². The van der Waals surface area contributed by atoms with E-state index >= 15 is 0 Å². The van der Waals surface area contributed by atoms with Crippen molar-refractivity contribution >= 4 is 11.6 Å². The number of hydrazine groups is 1. The van der Waals surface area contributed by atoms with E-state index in [1.165, 1.54) is 6.20 Å². The number of pyridine rings is 1. The number of nitrogen functional groups attached to an aromatic ring is 1. The zero-order valence-corrected chi connectivity index (χ0v) is 11.8. The van der Waals surface area contributed by atoms with Gasteiger partial charge in [-0.3, -0.25) is 10.6 Å². The Labute approximate surface area is 118 Å². The van der Waals surface area contributed by atoms with Crippen molar-refractivity contribution in [3.05, 3.63) is 24.0 Å². The number of nitrogens with two attached hydrogens (primary N) is 1. The quantitative estimate of drug-likeness (QED) is 0.508. The molecule has 7 nitrogen and oxygen atoms in total. The molecule has 2 unspecified atom stereocenters. The Kier molecular flexibility index (Phi) is 4.53. The van der Waals surface area contributed by atoms with Gasteiger partial charge in [-0.05, 0) is 32.6 Å². The number of amides is 1. The van der Waals surface area contributed by atoms with Crippen LogP contribution in [0.4, 0.5) is 5.69 Å². The van der Waals surface area contributed by atoms with Gasteiger partial charge in [0, 0.05) is 19.1 Å². The van der Waals surface area contributed by atoms with Crippen molar-refractivity contribution in [3.63, 3.8) is 0 Å². The molecule has 1 aromatic heterocycles. The third kappa shape index (κ3) is 3.24. The van der Waals surface area contributed by atoms with E-state index in [0.717, 1.165) is 6.54 Å². The maximum absolute atomic E-state index is 12.5. The smallest absolute Gasteiger partial charge is 0.272 e. The highest BCUT2D eigenvalue weighted by Gasteiger charge is 2.35. The summed E-state index contributed by atoms with van der Waals surface area (Å²) in [6.07, 6.45) is 1.65. The van der Waals surface area contributed by atoms with Crippen LogP contribution in [0.25, 0.3) is 0 Å². The average molecular weight is 279 g/mol. The highest BCUT2D eigenvalue weighted by molar-refractivity contribution is 5.93. The van der Waals surface area contributed by atoms with Crippen molar-refractivity contribution in [2.45, 2.75) is 18.6 Å². The number of likely N-dealkylation sites (N-methyl/N-ethyl adjacent to an activating group) is 1. The Morgan fingerprint density at radius 3 is 2.90 bits per heavy atom. The summed E-state index contributed by atoms with van der Waals surface area (Å²) in [4.78, 5) is 20.3. The monoisotopic (exact) mass is 279 g/mol. The Morgan fingerprint density at radius 1 is 1.60 bits per heavy atom. The molecule has 1 saturated heterocycles. The highest BCUT2D eigenvalue weighted by Crippen LogP contribution is 2.21. The predicted octanol–water partition coefficient (Wildman–Crippen LogP) is -0.496. The van der Waals surface area contributed by atoms with Gasteiger partial charge in [0.2, 0.25) is 0 Å². The zero-order chi connectivity index (χ0) is 14.7. The molecule has 0 bridgehead atoms. The van der Waals surface area contributed by atoms with Crippen LogP contribution in [0.1, 0.15) is 16.9 Å². The number of carbonyl (C=O) groups excluding carboxylic acids is 1. The van der Waals surface area contributed by atoms with Crippen LogP contribution in [-0.4, -0.2) is 65.1 Å². The fourth-order valence-corrected chi connectivity index (χ4v) is 2.49. The lowest BCUT2D eigenvalue weighted by molar-refractivity contribution is 0.0693. The van der Waals surface area contributed by atoms with Crippen LogP contribution in [0.2, 0.25) is 0 Å². The molecular formula is C13H21N5O2. The molecule has 0 aromatic carbocycles. The number of nitrogens with one attached hydrogen (secondary N) is 1. The lowest BCUT2D eigenvalue weighted by atomic mass is 10.2. The fraction of sp³-hybridized carbons (Fsp3) is 0.538. The van der Waals surface area contributed by atoms with E-state index < -0.39 is 6.10 Å². The molecule has 0 spiro atoms. The van der Waals surface area contributed by atoms with Gasteiger partial charge >= 0.3 is 0 Å². The minimum atomic E-state index is -0.464. The first-order chi connectivity index (χ1) is 9.51. The van der Waals surface area contributed by atoms with Gasteiger partial charge in [-0.2, -0.15) is 0 Å². The maximum atomic E-state index is 12.5. The first kappa shape index (κ1) is 14.7. The second-order valence-electron chi connectivity index (χ2n) is 5.34. The molecule has 0 saturated carbocycles. The van der Waals surface area contributed by atoms with Gasteiger partial charge in [0.15, 0.2) is 0 Å². The number of β-amino-alcohol motifs (C(OH)–C–C–N with tert-alkyl or cyclic N) is 1. The lowest BCUT2D eigenvalue weighted by Gasteiger charge is -2.26. The summed E-state index contributed by atoms with van der Waals surface area (Å²) < 4.78 is 0. The van der Waals surface area contributed by atoms with Crippen molar-refractivity contribution in [1.29, 1.82) is 0 Å².